The smallest absolute Gasteiger partial charge is 0.158 e. The van der Waals surface area contributed by atoms with Crippen LogP contribution in [0.2, 0.25) is 5.02 Å². The van der Waals surface area contributed by atoms with Crippen LogP contribution in [0.4, 0.5) is 5.82 Å². The number of halogens is 1. The third-order valence-electron chi connectivity index (χ3n) is 5.73. The van der Waals surface area contributed by atoms with Crippen LogP contribution in [-0.4, -0.2) is 20.6 Å². The third-order valence-corrected chi connectivity index (χ3v) is 6.04. The number of nitrogens with zero attached hydrogens (tertiary/aromatic N) is 4. The van der Waals surface area contributed by atoms with Gasteiger partial charge in [0.2, 0.25) is 0 Å². The van der Waals surface area contributed by atoms with Crippen molar-refractivity contribution in [2.75, 3.05) is 0 Å². The van der Waals surface area contributed by atoms with Crippen LogP contribution in [0.1, 0.15) is 56.6 Å². The highest BCUT2D eigenvalue weighted by Crippen LogP contribution is 2.37. The molecular formula is C27H29ClN4. The normalized spacial score (nSPS) is 12.7. The van der Waals surface area contributed by atoms with E-state index in [9.17, 15) is 0 Å². The van der Waals surface area contributed by atoms with Gasteiger partial charge in [-0.15, -0.1) is 0 Å². The highest BCUT2D eigenvalue weighted by molar-refractivity contribution is 6.35. The van der Waals surface area contributed by atoms with Crippen LogP contribution in [0, 0.1) is 6.92 Å². The summed E-state index contributed by atoms with van der Waals surface area (Å²) < 4.78 is 4.26. The Labute approximate surface area is 194 Å². The Hall–Kier alpha value is -3.11. The molecule has 32 heavy (non-hydrogen) atoms. The molecule has 0 aliphatic carbocycles. The van der Waals surface area contributed by atoms with Gasteiger partial charge in [0, 0.05) is 28.5 Å². The second-order valence-electron chi connectivity index (χ2n) is 8.20. The molecule has 0 N–H and O–H groups in total. The van der Waals surface area contributed by atoms with Gasteiger partial charge in [0.1, 0.15) is 0 Å². The Balaban J connectivity index is 1.96. The topological polar surface area (TPSA) is 35.1 Å². The molecule has 2 heterocycles. The first-order valence-corrected chi connectivity index (χ1v) is 11.4. The van der Waals surface area contributed by atoms with Crippen LogP contribution >= 0.6 is 11.6 Å². The van der Waals surface area contributed by atoms with Gasteiger partial charge in [-0.05, 0) is 57.0 Å². The van der Waals surface area contributed by atoms with Crippen LogP contribution in [0.5, 0.6) is 0 Å². The van der Waals surface area contributed by atoms with E-state index >= 15 is 0 Å². The number of benzene rings is 2. The van der Waals surface area contributed by atoms with E-state index in [2.05, 4.69) is 49.3 Å². The number of aliphatic imine (C=N–C) groups is 1. The molecule has 2 aromatic carbocycles. The number of hydrogen-bond donors (Lipinski definition) is 0. The number of aryl methyl sites for hydroxylation is 1. The lowest BCUT2D eigenvalue weighted by atomic mass is 10.1. The molecule has 0 aliphatic heterocycles. The van der Waals surface area contributed by atoms with Gasteiger partial charge in [-0.25, -0.2) is 9.67 Å². The lowest BCUT2D eigenvalue weighted by Gasteiger charge is -2.19. The van der Waals surface area contributed by atoms with Crippen molar-refractivity contribution in [1.82, 2.24) is 14.3 Å². The summed E-state index contributed by atoms with van der Waals surface area (Å²) in [5.74, 6) is 0.854. The number of fused-ring (bicyclic) bond motifs is 1. The van der Waals surface area contributed by atoms with Gasteiger partial charge in [0.15, 0.2) is 5.82 Å². The van der Waals surface area contributed by atoms with Crippen molar-refractivity contribution in [3.63, 3.8) is 0 Å². The monoisotopic (exact) mass is 444 g/mol. The maximum atomic E-state index is 6.68. The van der Waals surface area contributed by atoms with Gasteiger partial charge in [-0.1, -0.05) is 61.9 Å². The van der Waals surface area contributed by atoms with Crippen molar-refractivity contribution in [2.24, 2.45) is 4.99 Å². The molecule has 4 rings (SSSR count). The summed E-state index contributed by atoms with van der Waals surface area (Å²) in [7, 11) is 0. The maximum absolute atomic E-state index is 6.68. The van der Waals surface area contributed by atoms with Crippen LogP contribution < -0.4 is 0 Å². The van der Waals surface area contributed by atoms with Gasteiger partial charge in [0.05, 0.1) is 22.3 Å². The van der Waals surface area contributed by atoms with Crippen molar-refractivity contribution in [3.05, 3.63) is 83.2 Å². The van der Waals surface area contributed by atoms with E-state index < -0.39 is 0 Å². The average Bonchev–Trinajstić information content (AvgIpc) is 3.33. The molecular weight excluding hydrogens is 416 g/mol. The molecule has 4 nitrogen and oxygen atoms in total. The van der Waals surface area contributed by atoms with Gasteiger partial charge >= 0.3 is 0 Å². The van der Waals surface area contributed by atoms with Crippen LogP contribution in [0.3, 0.4) is 0 Å². The molecule has 1 atom stereocenters. The largest absolute Gasteiger partial charge is 0.310 e. The third kappa shape index (κ3) is 3.91. The van der Waals surface area contributed by atoms with Crippen LogP contribution in [0.15, 0.2) is 66.2 Å². The summed E-state index contributed by atoms with van der Waals surface area (Å²) in [6, 6.07) is 18.5. The Morgan fingerprint density at radius 2 is 1.94 bits per heavy atom. The Bertz CT molecular complexity index is 1290. The predicted molar refractivity (Wildman–Crippen MR) is 137 cm³/mol. The molecule has 0 radical (unpaired) electrons. The number of rotatable bonds is 7. The molecule has 0 bridgehead atoms. The quantitative estimate of drug-likeness (QED) is 0.266. The van der Waals surface area contributed by atoms with Gasteiger partial charge < -0.3 is 4.57 Å². The Kier molecular flexibility index (Phi) is 6.33. The molecule has 2 aromatic heterocycles. The minimum atomic E-state index is -0.0701. The number of unbranched alkanes of at least 4 members (excludes halogenated alkanes) is 1. The number of hydrogen-bond acceptors (Lipinski definition) is 2. The first-order chi connectivity index (χ1) is 15.4. The van der Waals surface area contributed by atoms with Crippen LogP contribution in [0.25, 0.3) is 22.2 Å². The minimum absolute atomic E-state index is 0.0701. The molecule has 0 amide bonds. The summed E-state index contributed by atoms with van der Waals surface area (Å²) in [4.78, 5) is 4.84. The van der Waals surface area contributed by atoms with Crippen molar-refractivity contribution in [2.45, 2.75) is 46.6 Å². The Morgan fingerprint density at radius 3 is 2.62 bits per heavy atom. The molecule has 5 heteroatoms. The second kappa shape index (κ2) is 9.17. The van der Waals surface area contributed by atoms with Crippen molar-refractivity contribution in [1.29, 1.82) is 0 Å². The molecule has 164 valence electrons. The van der Waals surface area contributed by atoms with Crippen molar-refractivity contribution < 1.29 is 0 Å². The lowest BCUT2D eigenvalue weighted by molar-refractivity contribution is 0.546. The summed E-state index contributed by atoms with van der Waals surface area (Å²) in [5.41, 5.74) is 6.09. The van der Waals surface area contributed by atoms with Gasteiger partial charge in [-0.2, -0.15) is 5.10 Å². The molecule has 0 saturated carbocycles. The van der Waals surface area contributed by atoms with E-state index in [1.807, 2.05) is 55.1 Å². The molecule has 4 aromatic rings. The predicted octanol–water partition coefficient (Wildman–Crippen LogP) is 7.93. The van der Waals surface area contributed by atoms with E-state index in [0.29, 0.717) is 0 Å². The summed E-state index contributed by atoms with van der Waals surface area (Å²) in [6.45, 7) is 12.5. The summed E-state index contributed by atoms with van der Waals surface area (Å²) in [6.07, 6.45) is 3.96. The number of allylic oxidation sites excluding steroid dienone is 1. The summed E-state index contributed by atoms with van der Waals surface area (Å²) in [5, 5.41) is 6.74. The first kappa shape index (κ1) is 22.1. The van der Waals surface area contributed by atoms with Crippen molar-refractivity contribution >= 4 is 40.1 Å². The van der Waals surface area contributed by atoms with Crippen molar-refractivity contribution in [3.8, 4) is 5.69 Å². The van der Waals surface area contributed by atoms with Crippen LogP contribution in [-0.2, 0) is 0 Å². The lowest BCUT2D eigenvalue weighted by Crippen LogP contribution is -2.13. The van der Waals surface area contributed by atoms with E-state index in [0.717, 1.165) is 62.8 Å². The molecule has 0 fully saturated rings. The van der Waals surface area contributed by atoms with Gasteiger partial charge in [-0.3, -0.25) is 0 Å². The minimum Gasteiger partial charge on any atom is -0.310 e. The van der Waals surface area contributed by atoms with Gasteiger partial charge in [0.25, 0.3) is 0 Å². The second-order valence-corrected chi connectivity index (χ2v) is 8.61. The molecule has 0 spiro atoms. The highest BCUT2D eigenvalue weighted by atomic mass is 35.5. The average molecular weight is 445 g/mol. The summed E-state index contributed by atoms with van der Waals surface area (Å²) >= 11 is 6.68. The Morgan fingerprint density at radius 1 is 1.19 bits per heavy atom. The number of aromatic nitrogens is 3. The van der Waals surface area contributed by atoms with E-state index in [-0.39, 0.29) is 6.04 Å². The molecule has 0 aliphatic rings. The standard InChI is InChI=1S/C27H29ClN4/c1-6-7-16-29-27-25(18(2)3)19(4)30-32(27)20(5)24-17-21-12-11-15-23(28)26(21)31(24)22-13-9-8-10-14-22/h8-17,20H,2,6-7H2,1,3-5H3/b29-16-. The first-order valence-electron chi connectivity index (χ1n) is 11.1. The zero-order valence-electron chi connectivity index (χ0n) is 19.1. The highest BCUT2D eigenvalue weighted by Gasteiger charge is 2.24. The fourth-order valence-electron chi connectivity index (χ4n) is 4.23. The van der Waals surface area contributed by atoms with E-state index in [4.69, 9.17) is 21.7 Å². The zero-order valence-corrected chi connectivity index (χ0v) is 19.9. The SMILES string of the molecule is C=C(C)c1c(C)nn(C(C)c2cc3cccc(Cl)c3n2-c2ccccc2)c1/N=C\CCC. The van der Waals surface area contributed by atoms with E-state index in [1.165, 1.54) is 0 Å². The fraction of sp³-hybridized carbons (Fsp3) is 0.259. The fourth-order valence-corrected chi connectivity index (χ4v) is 4.50. The molecule has 0 saturated heterocycles. The zero-order chi connectivity index (χ0) is 22.8. The van der Waals surface area contributed by atoms with E-state index in [1.54, 1.807) is 0 Å². The molecule has 1 unspecified atom stereocenters. The number of para-hydroxylation sites is 2. The maximum Gasteiger partial charge on any atom is 0.158 e.